The molecule has 0 aromatic rings. The first-order chi connectivity index (χ1) is 9.97. The van der Waals surface area contributed by atoms with E-state index in [1.807, 2.05) is 13.0 Å². The molecule has 2 saturated carbocycles. The number of allylic oxidation sites excluding steroid dienone is 4. The molecule has 0 aliphatic heterocycles. The first kappa shape index (κ1) is 13.5. The molecule has 0 spiro atoms. The number of carbonyl (C=O) groups excluding carboxylic acids is 2. The molecule has 1 unspecified atom stereocenters. The number of Topliss-reactive ketones (excluding diaryl/α,β-unsaturated/α-hetero) is 1. The zero-order chi connectivity index (χ0) is 14.8. The van der Waals surface area contributed by atoms with E-state index >= 15 is 0 Å². The van der Waals surface area contributed by atoms with E-state index in [0.29, 0.717) is 24.0 Å². The summed E-state index contributed by atoms with van der Waals surface area (Å²) in [5.74, 6) is 1.50. The lowest BCUT2D eigenvalue weighted by Crippen LogP contribution is -2.49. The van der Waals surface area contributed by atoms with E-state index in [2.05, 4.69) is 6.92 Å². The molecule has 4 atom stereocenters. The quantitative estimate of drug-likeness (QED) is 0.673. The average molecular weight is 284 g/mol. The molecule has 0 radical (unpaired) electrons. The Balaban J connectivity index is 1.86. The number of fused-ring (bicyclic) bond motifs is 4. The number of rotatable bonds is 0. The van der Waals surface area contributed by atoms with Crippen LogP contribution in [-0.4, -0.2) is 11.6 Å². The summed E-state index contributed by atoms with van der Waals surface area (Å²) in [6, 6.07) is 0. The molecule has 0 saturated heterocycles. The van der Waals surface area contributed by atoms with Crippen molar-refractivity contribution in [2.24, 2.45) is 22.7 Å². The molecule has 0 heterocycles. The Morgan fingerprint density at radius 2 is 1.86 bits per heavy atom. The Kier molecular flexibility index (Phi) is 2.68. The third-order valence-corrected chi connectivity index (χ3v) is 7.09. The highest BCUT2D eigenvalue weighted by molar-refractivity contribution is 6.06. The summed E-state index contributed by atoms with van der Waals surface area (Å²) in [4.78, 5) is 25.1. The Morgan fingerprint density at radius 3 is 2.67 bits per heavy atom. The van der Waals surface area contributed by atoms with Crippen LogP contribution in [-0.2, 0) is 9.59 Å². The highest BCUT2D eigenvalue weighted by Crippen LogP contribution is 2.61. The van der Waals surface area contributed by atoms with Crippen LogP contribution < -0.4 is 0 Å². The molecule has 2 fully saturated rings. The predicted molar refractivity (Wildman–Crippen MR) is 81.7 cm³/mol. The zero-order valence-corrected chi connectivity index (χ0v) is 13.1. The van der Waals surface area contributed by atoms with Crippen LogP contribution in [0.4, 0.5) is 0 Å². The van der Waals surface area contributed by atoms with Gasteiger partial charge in [-0.05, 0) is 61.5 Å². The van der Waals surface area contributed by atoms with Gasteiger partial charge in [0.25, 0.3) is 0 Å². The largest absolute Gasteiger partial charge is 0.295 e. The molecule has 0 aromatic heterocycles. The minimum Gasteiger partial charge on any atom is -0.295 e. The van der Waals surface area contributed by atoms with Gasteiger partial charge in [0, 0.05) is 12.0 Å². The fraction of sp³-hybridized carbons (Fsp3) is 0.684. The van der Waals surface area contributed by atoms with Crippen LogP contribution >= 0.6 is 0 Å². The van der Waals surface area contributed by atoms with Gasteiger partial charge in [0.2, 0.25) is 0 Å². The molecule has 0 amide bonds. The van der Waals surface area contributed by atoms with E-state index in [1.54, 1.807) is 6.08 Å². The Hall–Kier alpha value is -1.18. The van der Waals surface area contributed by atoms with Gasteiger partial charge in [-0.15, -0.1) is 0 Å². The van der Waals surface area contributed by atoms with Crippen molar-refractivity contribution < 1.29 is 9.59 Å². The number of carbonyl (C=O) groups is 2. The molecule has 2 heteroatoms. The van der Waals surface area contributed by atoms with Gasteiger partial charge in [-0.25, -0.2) is 0 Å². The predicted octanol–water partition coefficient (Wildman–Crippen LogP) is 4.01. The number of hydrogen-bond donors (Lipinski definition) is 0. The number of hydrogen-bond acceptors (Lipinski definition) is 2. The molecule has 112 valence electrons. The molecule has 4 aliphatic carbocycles. The van der Waals surface area contributed by atoms with E-state index in [0.717, 1.165) is 24.0 Å². The molecule has 4 aliphatic rings. The highest BCUT2D eigenvalue weighted by Gasteiger charge is 2.55. The normalized spacial score (nSPS) is 45.4. The maximum atomic E-state index is 12.8. The second-order valence-corrected chi connectivity index (χ2v) is 8.02. The minimum atomic E-state index is -0.403. The molecular weight excluding hydrogens is 260 g/mol. The highest BCUT2D eigenvalue weighted by atomic mass is 16.1. The van der Waals surface area contributed by atoms with E-state index in [4.69, 9.17) is 0 Å². The topological polar surface area (TPSA) is 34.1 Å². The monoisotopic (exact) mass is 284 g/mol. The van der Waals surface area contributed by atoms with Gasteiger partial charge in [-0.3, -0.25) is 9.59 Å². The van der Waals surface area contributed by atoms with E-state index in [-0.39, 0.29) is 11.2 Å². The maximum absolute atomic E-state index is 12.8. The molecule has 0 bridgehead atoms. The van der Waals surface area contributed by atoms with Crippen LogP contribution in [0.3, 0.4) is 0 Å². The van der Waals surface area contributed by atoms with Crippen molar-refractivity contribution in [2.45, 2.75) is 58.8 Å². The Morgan fingerprint density at radius 1 is 1.05 bits per heavy atom. The first-order valence-electron chi connectivity index (χ1n) is 8.47. The van der Waals surface area contributed by atoms with Crippen molar-refractivity contribution in [3.8, 4) is 0 Å². The summed E-state index contributed by atoms with van der Waals surface area (Å²) in [5, 5.41) is 0. The SMILES string of the molecule is C[C@]12CC[C@H]3C(=C1C=CC2=O)C(=O)CC1CCCC[C@@]13C. The summed E-state index contributed by atoms with van der Waals surface area (Å²) < 4.78 is 0. The van der Waals surface area contributed by atoms with Crippen LogP contribution in [0, 0.1) is 22.7 Å². The fourth-order valence-electron chi connectivity index (χ4n) is 5.63. The van der Waals surface area contributed by atoms with Crippen molar-refractivity contribution in [2.75, 3.05) is 0 Å². The van der Waals surface area contributed by atoms with Gasteiger partial charge < -0.3 is 0 Å². The zero-order valence-electron chi connectivity index (χ0n) is 13.1. The lowest BCUT2D eigenvalue weighted by Gasteiger charge is -2.54. The maximum Gasteiger partial charge on any atom is 0.165 e. The fourth-order valence-corrected chi connectivity index (χ4v) is 5.63. The summed E-state index contributed by atoms with van der Waals surface area (Å²) in [7, 11) is 0. The molecule has 4 rings (SSSR count). The van der Waals surface area contributed by atoms with Gasteiger partial charge in [0.05, 0.1) is 5.41 Å². The Labute approximate surface area is 126 Å². The van der Waals surface area contributed by atoms with Crippen LogP contribution in [0.5, 0.6) is 0 Å². The van der Waals surface area contributed by atoms with Gasteiger partial charge in [-0.2, -0.15) is 0 Å². The summed E-state index contributed by atoms with van der Waals surface area (Å²) in [6.07, 6.45) is 11.3. The van der Waals surface area contributed by atoms with Crippen molar-refractivity contribution in [1.82, 2.24) is 0 Å². The van der Waals surface area contributed by atoms with Gasteiger partial charge in [-0.1, -0.05) is 25.8 Å². The van der Waals surface area contributed by atoms with Crippen LogP contribution in [0.2, 0.25) is 0 Å². The number of ketones is 2. The van der Waals surface area contributed by atoms with Gasteiger partial charge in [0.1, 0.15) is 0 Å². The molecule has 2 nitrogen and oxygen atoms in total. The first-order valence-corrected chi connectivity index (χ1v) is 8.47. The van der Waals surface area contributed by atoms with E-state index in [1.165, 1.54) is 25.7 Å². The van der Waals surface area contributed by atoms with Crippen molar-refractivity contribution in [3.63, 3.8) is 0 Å². The smallest absolute Gasteiger partial charge is 0.165 e. The molecule has 0 N–H and O–H groups in total. The molecule has 0 aromatic carbocycles. The van der Waals surface area contributed by atoms with E-state index in [9.17, 15) is 9.59 Å². The average Bonchev–Trinajstić information content (AvgIpc) is 2.76. The summed E-state index contributed by atoms with van der Waals surface area (Å²) >= 11 is 0. The van der Waals surface area contributed by atoms with Crippen molar-refractivity contribution >= 4 is 11.6 Å². The lowest BCUT2D eigenvalue weighted by atomic mass is 9.49. The molecule has 21 heavy (non-hydrogen) atoms. The van der Waals surface area contributed by atoms with Crippen LogP contribution in [0.15, 0.2) is 23.3 Å². The molecular formula is C19H24O2. The van der Waals surface area contributed by atoms with Crippen LogP contribution in [0.1, 0.15) is 58.8 Å². The lowest BCUT2D eigenvalue weighted by molar-refractivity contribution is -0.126. The Bertz CT molecular complexity index is 597. The van der Waals surface area contributed by atoms with Gasteiger partial charge in [0.15, 0.2) is 11.6 Å². The third-order valence-electron chi connectivity index (χ3n) is 7.09. The third kappa shape index (κ3) is 1.59. The van der Waals surface area contributed by atoms with E-state index < -0.39 is 5.41 Å². The van der Waals surface area contributed by atoms with Crippen LogP contribution in [0.25, 0.3) is 0 Å². The second-order valence-electron chi connectivity index (χ2n) is 8.02. The standard InChI is InChI=1S/C19H24O2/c1-18-9-4-3-5-12(18)11-15(20)17-13-6-7-16(21)19(13,2)10-8-14(17)18/h6-7,12,14H,3-5,8-11H2,1-2H3/t12?,14-,18-,19-/m0/s1. The summed E-state index contributed by atoms with van der Waals surface area (Å²) in [5.41, 5.74) is 1.99. The minimum absolute atomic E-state index is 0.201. The van der Waals surface area contributed by atoms with Crippen molar-refractivity contribution in [1.29, 1.82) is 0 Å². The van der Waals surface area contributed by atoms with Crippen molar-refractivity contribution in [3.05, 3.63) is 23.3 Å². The van der Waals surface area contributed by atoms with Gasteiger partial charge >= 0.3 is 0 Å². The summed E-state index contributed by atoms with van der Waals surface area (Å²) in [6.45, 7) is 4.45. The second kappa shape index (κ2) is 4.18.